The van der Waals surface area contributed by atoms with E-state index in [-0.39, 0.29) is 42.1 Å². The lowest BCUT2D eigenvalue weighted by Crippen LogP contribution is -2.54. The van der Waals surface area contributed by atoms with Crippen LogP contribution >= 0.6 is 11.6 Å². The Kier molecular flexibility index (Phi) is 4.97. The second-order valence-corrected chi connectivity index (χ2v) is 11.0. The van der Waals surface area contributed by atoms with Gasteiger partial charge in [0, 0.05) is 18.2 Å². The molecule has 164 valence electrons. The van der Waals surface area contributed by atoms with E-state index >= 15 is 4.39 Å². The number of aromatic nitrogens is 1. The molecule has 0 radical (unpaired) electrons. The molecule has 2 atom stereocenters. The molecule has 1 aromatic carbocycles. The van der Waals surface area contributed by atoms with Crippen LogP contribution in [0.1, 0.15) is 46.9 Å². The van der Waals surface area contributed by atoms with E-state index in [1.54, 1.807) is 13.0 Å². The zero-order chi connectivity index (χ0) is 22.8. The maximum absolute atomic E-state index is 15.3. The van der Waals surface area contributed by atoms with Crippen molar-refractivity contribution in [2.45, 2.75) is 48.9 Å². The quantitative estimate of drug-likeness (QED) is 0.694. The highest BCUT2D eigenvalue weighted by Crippen LogP contribution is 2.53. The third-order valence-electron chi connectivity index (χ3n) is 6.03. The number of rotatable bonds is 4. The van der Waals surface area contributed by atoms with Crippen LogP contribution in [0.25, 0.3) is 0 Å². The maximum Gasteiger partial charge on any atom is 0.230 e. The van der Waals surface area contributed by atoms with Gasteiger partial charge in [0.05, 0.1) is 5.02 Å². The number of hydrogen-bond acceptors (Lipinski definition) is 6. The van der Waals surface area contributed by atoms with Crippen LogP contribution < -0.4 is 5.73 Å². The Morgan fingerprint density at radius 3 is 2.61 bits per heavy atom. The highest BCUT2D eigenvalue weighted by Gasteiger charge is 2.67. The molecule has 0 bridgehead atoms. The molecule has 1 spiro atoms. The average molecular weight is 468 g/mol. The Morgan fingerprint density at radius 1 is 1.32 bits per heavy atom. The summed E-state index contributed by atoms with van der Waals surface area (Å²) in [7, 11) is -4.32. The standard InChI is InChI=1S/C21H20ClF2N3O3S/c1-11-7-13(22)10-26-17(11)16(28)9-12-3-4-15(23)14(8-12)20(2)18(24)31(29,30)21(5-6-21)19(25)27-20/h3-4,7-8,10,18H,5-6,9H2,1-2H3,(H2,25,27)/t18-,20-/m1/s1. The lowest BCUT2D eigenvalue weighted by molar-refractivity contribution is 0.0987. The van der Waals surface area contributed by atoms with Gasteiger partial charge >= 0.3 is 0 Å². The number of halogens is 3. The van der Waals surface area contributed by atoms with Crippen molar-refractivity contribution in [3.63, 3.8) is 0 Å². The molecule has 0 unspecified atom stereocenters. The van der Waals surface area contributed by atoms with Gasteiger partial charge in [-0.3, -0.25) is 14.8 Å². The highest BCUT2D eigenvalue weighted by atomic mass is 35.5. The Morgan fingerprint density at radius 2 is 2.00 bits per heavy atom. The normalized spacial score (nSPS) is 25.8. The number of alkyl halides is 1. The minimum atomic E-state index is -4.32. The van der Waals surface area contributed by atoms with Crippen LogP contribution in [0.2, 0.25) is 5.02 Å². The van der Waals surface area contributed by atoms with Gasteiger partial charge in [0.25, 0.3) is 0 Å². The lowest BCUT2D eigenvalue weighted by Gasteiger charge is -2.37. The van der Waals surface area contributed by atoms with Crippen molar-refractivity contribution >= 4 is 33.1 Å². The van der Waals surface area contributed by atoms with Gasteiger partial charge in [-0.1, -0.05) is 17.7 Å². The number of benzene rings is 1. The molecule has 1 aliphatic carbocycles. The zero-order valence-electron chi connectivity index (χ0n) is 16.8. The number of carbonyl (C=O) groups is 1. The van der Waals surface area contributed by atoms with Crippen LogP contribution in [-0.2, 0) is 21.8 Å². The van der Waals surface area contributed by atoms with Crippen LogP contribution in [0.15, 0.2) is 35.5 Å². The molecular formula is C21H20ClF2N3O3S. The molecule has 31 heavy (non-hydrogen) atoms. The molecule has 2 heterocycles. The van der Waals surface area contributed by atoms with Gasteiger partial charge in [0.15, 0.2) is 15.6 Å². The van der Waals surface area contributed by atoms with E-state index in [9.17, 15) is 17.6 Å². The van der Waals surface area contributed by atoms with E-state index < -0.39 is 31.4 Å². The van der Waals surface area contributed by atoms with Crippen LogP contribution in [0, 0.1) is 12.7 Å². The van der Waals surface area contributed by atoms with Crippen molar-refractivity contribution in [3.8, 4) is 0 Å². The Labute approximate surface area is 183 Å². The number of carbonyl (C=O) groups excluding carboxylic acids is 1. The van der Waals surface area contributed by atoms with Crippen molar-refractivity contribution in [2.24, 2.45) is 10.7 Å². The van der Waals surface area contributed by atoms with Gasteiger partial charge in [-0.05, 0) is 56.0 Å². The summed E-state index contributed by atoms with van der Waals surface area (Å²) < 4.78 is 54.2. The summed E-state index contributed by atoms with van der Waals surface area (Å²) in [5.74, 6) is -1.38. The van der Waals surface area contributed by atoms with Gasteiger partial charge in [-0.25, -0.2) is 17.2 Å². The summed E-state index contributed by atoms with van der Waals surface area (Å²) in [5, 5.41) is 0.391. The fraction of sp³-hybridized carbons (Fsp3) is 0.381. The Hall–Kier alpha value is -2.39. The molecule has 1 aliphatic heterocycles. The molecule has 2 aliphatic rings. The van der Waals surface area contributed by atoms with Crippen LogP contribution in [0.4, 0.5) is 8.78 Å². The smallest absolute Gasteiger partial charge is 0.230 e. The molecule has 2 aromatic rings. The van der Waals surface area contributed by atoms with Crippen molar-refractivity contribution in [1.82, 2.24) is 4.98 Å². The van der Waals surface area contributed by atoms with E-state index in [0.717, 1.165) is 6.07 Å². The number of nitrogens with two attached hydrogens (primary N) is 1. The molecule has 0 saturated heterocycles. The molecule has 10 heteroatoms. The summed E-state index contributed by atoms with van der Waals surface area (Å²) in [6.45, 7) is 2.89. The van der Waals surface area contributed by atoms with Gasteiger partial charge in [0.2, 0.25) is 5.50 Å². The van der Waals surface area contributed by atoms with E-state index in [2.05, 4.69) is 9.98 Å². The van der Waals surface area contributed by atoms with Gasteiger partial charge in [-0.15, -0.1) is 0 Å². The topological polar surface area (TPSA) is 102 Å². The zero-order valence-corrected chi connectivity index (χ0v) is 18.4. The number of sulfone groups is 1. The predicted octanol–water partition coefficient (Wildman–Crippen LogP) is 3.44. The highest BCUT2D eigenvalue weighted by molar-refractivity contribution is 7.94. The van der Waals surface area contributed by atoms with Crippen molar-refractivity contribution < 1.29 is 22.0 Å². The summed E-state index contributed by atoms with van der Waals surface area (Å²) in [6, 6.07) is 5.32. The molecule has 4 rings (SSSR count). The number of hydrogen-bond donors (Lipinski definition) is 1. The fourth-order valence-electron chi connectivity index (χ4n) is 4.06. The first-order chi connectivity index (χ1) is 14.4. The van der Waals surface area contributed by atoms with Crippen molar-refractivity contribution in [1.29, 1.82) is 0 Å². The Bertz CT molecular complexity index is 1240. The first kappa shape index (κ1) is 21.8. The average Bonchev–Trinajstić information content (AvgIpc) is 3.50. The van der Waals surface area contributed by atoms with Gasteiger partial charge in [-0.2, -0.15) is 0 Å². The second-order valence-electron chi connectivity index (χ2n) is 8.23. The number of aliphatic imine (C=N–C) groups is 1. The first-order valence-electron chi connectivity index (χ1n) is 9.60. The second kappa shape index (κ2) is 7.06. The van der Waals surface area contributed by atoms with E-state index in [0.29, 0.717) is 16.1 Å². The number of ketones is 1. The summed E-state index contributed by atoms with van der Waals surface area (Å²) in [4.78, 5) is 20.9. The number of Topliss-reactive ketones (excluding diaryl/α,β-unsaturated/α-hetero) is 1. The first-order valence-corrected chi connectivity index (χ1v) is 11.5. The van der Waals surface area contributed by atoms with Crippen molar-refractivity contribution in [3.05, 3.63) is 63.7 Å². The maximum atomic E-state index is 15.3. The van der Waals surface area contributed by atoms with E-state index in [4.69, 9.17) is 17.3 Å². The van der Waals surface area contributed by atoms with Crippen LogP contribution in [0.5, 0.6) is 0 Å². The van der Waals surface area contributed by atoms with E-state index in [1.165, 1.54) is 25.3 Å². The van der Waals surface area contributed by atoms with Gasteiger partial charge in [0.1, 0.15) is 27.6 Å². The van der Waals surface area contributed by atoms with E-state index in [1.807, 2.05) is 0 Å². The third-order valence-corrected chi connectivity index (χ3v) is 8.95. The van der Waals surface area contributed by atoms with Crippen LogP contribution in [-0.4, -0.2) is 35.3 Å². The number of aryl methyl sites for hydroxylation is 1. The molecule has 0 amide bonds. The molecule has 1 saturated carbocycles. The van der Waals surface area contributed by atoms with Gasteiger partial charge < -0.3 is 5.73 Å². The number of amidine groups is 1. The predicted molar refractivity (Wildman–Crippen MR) is 113 cm³/mol. The number of pyridine rings is 1. The molecule has 2 N–H and O–H groups in total. The minimum absolute atomic E-state index is 0.147. The summed E-state index contributed by atoms with van der Waals surface area (Å²) in [6.07, 6.45) is 1.60. The summed E-state index contributed by atoms with van der Waals surface area (Å²) in [5.41, 5.74) is 2.27. The third kappa shape index (κ3) is 3.25. The van der Waals surface area contributed by atoms with Crippen molar-refractivity contribution in [2.75, 3.05) is 0 Å². The monoisotopic (exact) mass is 467 g/mol. The number of nitrogens with zero attached hydrogens (tertiary/aromatic N) is 2. The molecule has 1 fully saturated rings. The minimum Gasteiger partial charge on any atom is -0.386 e. The molecule has 1 aromatic heterocycles. The fourth-order valence-corrected chi connectivity index (χ4v) is 6.46. The SMILES string of the molecule is Cc1cc(Cl)cnc1C(=O)Cc1ccc(F)c([C@@]2(C)N=C(N)C3(CC3)S(=O)(=O)[C@H]2F)c1. The largest absolute Gasteiger partial charge is 0.386 e. The summed E-state index contributed by atoms with van der Waals surface area (Å²) >= 11 is 5.87. The molecular weight excluding hydrogens is 448 g/mol. The Balaban J connectivity index is 1.73. The van der Waals surface area contributed by atoms with Crippen LogP contribution in [0.3, 0.4) is 0 Å². The molecule has 6 nitrogen and oxygen atoms in total. The lowest BCUT2D eigenvalue weighted by atomic mass is 9.90.